The zero-order valence-electron chi connectivity index (χ0n) is 12.5. The second-order valence-electron chi connectivity index (χ2n) is 5.27. The molecule has 124 valence electrons. The number of nitrogens with two attached hydrogens (primary N) is 1. The van der Waals surface area contributed by atoms with Crippen LogP contribution in [0.4, 0.5) is 5.82 Å². The van der Waals surface area contributed by atoms with Crippen LogP contribution in [-0.4, -0.2) is 56.2 Å². The molecular formula is C13H20ClN3O4S. The number of morpholine rings is 1. The summed E-state index contributed by atoms with van der Waals surface area (Å²) >= 11 is 5.83. The molecule has 2 rings (SSSR count). The molecule has 0 radical (unpaired) electrons. The molecule has 1 fully saturated rings. The Balaban J connectivity index is 2.16. The number of sulfonamides is 1. The first-order chi connectivity index (χ1) is 10.3. The highest BCUT2D eigenvalue weighted by Crippen LogP contribution is 2.25. The minimum absolute atomic E-state index is 0.0587. The maximum Gasteiger partial charge on any atom is 0.246 e. The van der Waals surface area contributed by atoms with Gasteiger partial charge < -0.3 is 15.2 Å². The molecule has 1 aliphatic heterocycles. The van der Waals surface area contributed by atoms with Gasteiger partial charge >= 0.3 is 0 Å². The van der Waals surface area contributed by atoms with Crippen LogP contribution in [-0.2, 0) is 19.5 Å². The highest BCUT2D eigenvalue weighted by molar-refractivity contribution is 7.89. The summed E-state index contributed by atoms with van der Waals surface area (Å²) < 4.78 is 37.7. The van der Waals surface area contributed by atoms with Gasteiger partial charge in [0.05, 0.1) is 30.4 Å². The van der Waals surface area contributed by atoms with Crippen LogP contribution in [0.5, 0.6) is 0 Å². The molecule has 0 bridgehead atoms. The van der Waals surface area contributed by atoms with Crippen LogP contribution in [0, 0.1) is 0 Å². The molecule has 1 atom stereocenters. The first-order valence-electron chi connectivity index (χ1n) is 6.95. The predicted octanol–water partition coefficient (Wildman–Crippen LogP) is 1.13. The molecule has 0 saturated carbocycles. The Morgan fingerprint density at radius 1 is 1.59 bits per heavy atom. The number of rotatable bonds is 5. The van der Waals surface area contributed by atoms with Crippen molar-refractivity contribution in [2.75, 3.05) is 32.0 Å². The van der Waals surface area contributed by atoms with E-state index in [1.165, 1.54) is 16.6 Å². The molecule has 1 aliphatic rings. The first-order valence-corrected chi connectivity index (χ1v) is 8.77. The quantitative estimate of drug-likeness (QED) is 0.856. The maximum absolute atomic E-state index is 12.7. The molecule has 2 N–H and O–H groups in total. The van der Waals surface area contributed by atoms with Gasteiger partial charge in [0.1, 0.15) is 10.7 Å². The largest absolute Gasteiger partial charge is 0.383 e. The maximum atomic E-state index is 12.7. The fraction of sp³-hybridized carbons (Fsp3) is 0.615. The monoisotopic (exact) mass is 349 g/mol. The van der Waals surface area contributed by atoms with Crippen molar-refractivity contribution < 1.29 is 17.9 Å². The van der Waals surface area contributed by atoms with Crippen molar-refractivity contribution >= 4 is 27.4 Å². The zero-order chi connectivity index (χ0) is 16.3. The molecule has 1 aromatic heterocycles. The van der Waals surface area contributed by atoms with Crippen molar-refractivity contribution in [3.05, 3.63) is 17.3 Å². The van der Waals surface area contributed by atoms with E-state index in [0.29, 0.717) is 13.2 Å². The predicted molar refractivity (Wildman–Crippen MR) is 83.2 cm³/mol. The van der Waals surface area contributed by atoms with Crippen LogP contribution in [0.25, 0.3) is 0 Å². The summed E-state index contributed by atoms with van der Waals surface area (Å²) in [5.41, 5.74) is 5.68. The Morgan fingerprint density at radius 3 is 3.00 bits per heavy atom. The summed E-state index contributed by atoms with van der Waals surface area (Å²) in [5.74, 6) is -0.0640. The molecule has 22 heavy (non-hydrogen) atoms. The summed E-state index contributed by atoms with van der Waals surface area (Å²) in [6.07, 6.45) is 1.07. The molecule has 0 aliphatic carbocycles. The standard InChI is InChI=1S/C13H20ClN3O4S/c1-9(2)21-8-11-7-17(3-4-20-11)22(18,19)12-5-10(14)6-16-13(12)15/h5-6,9,11H,3-4,7-8H2,1-2H3,(H2,15,16). The van der Waals surface area contributed by atoms with Crippen molar-refractivity contribution in [2.24, 2.45) is 0 Å². The Morgan fingerprint density at radius 2 is 2.32 bits per heavy atom. The summed E-state index contributed by atoms with van der Waals surface area (Å²) in [4.78, 5) is 3.72. The minimum atomic E-state index is -3.76. The van der Waals surface area contributed by atoms with Crippen LogP contribution < -0.4 is 5.73 Å². The molecular weight excluding hydrogens is 330 g/mol. The summed E-state index contributed by atoms with van der Waals surface area (Å²) in [7, 11) is -3.76. The van der Waals surface area contributed by atoms with Crippen molar-refractivity contribution in [3.8, 4) is 0 Å². The summed E-state index contributed by atoms with van der Waals surface area (Å²) in [5, 5.41) is 0.223. The van der Waals surface area contributed by atoms with Gasteiger partial charge in [-0.05, 0) is 19.9 Å². The van der Waals surface area contributed by atoms with E-state index in [-0.39, 0.29) is 41.0 Å². The van der Waals surface area contributed by atoms with E-state index in [2.05, 4.69) is 4.98 Å². The van der Waals surface area contributed by atoms with Crippen LogP contribution in [0.15, 0.2) is 17.2 Å². The molecule has 7 nitrogen and oxygen atoms in total. The number of ether oxygens (including phenoxy) is 2. The van der Waals surface area contributed by atoms with Gasteiger partial charge in [-0.1, -0.05) is 11.6 Å². The lowest BCUT2D eigenvalue weighted by atomic mass is 10.3. The number of nitrogen functional groups attached to an aromatic ring is 1. The Bertz CT molecular complexity index is 624. The Labute approximate surface area is 135 Å². The van der Waals surface area contributed by atoms with Crippen molar-refractivity contribution in [1.29, 1.82) is 0 Å². The lowest BCUT2D eigenvalue weighted by Crippen LogP contribution is -2.47. The zero-order valence-corrected chi connectivity index (χ0v) is 14.1. The van der Waals surface area contributed by atoms with Crippen molar-refractivity contribution in [3.63, 3.8) is 0 Å². The first kappa shape index (κ1) is 17.4. The fourth-order valence-corrected chi connectivity index (χ4v) is 3.86. The fourth-order valence-electron chi connectivity index (χ4n) is 2.09. The second-order valence-corrected chi connectivity index (χ2v) is 7.62. The van der Waals surface area contributed by atoms with Gasteiger partial charge in [-0.3, -0.25) is 0 Å². The van der Waals surface area contributed by atoms with Crippen LogP contribution in [0.2, 0.25) is 5.02 Å². The van der Waals surface area contributed by atoms with E-state index >= 15 is 0 Å². The molecule has 0 amide bonds. The van der Waals surface area contributed by atoms with Crippen molar-refractivity contribution in [1.82, 2.24) is 9.29 Å². The lowest BCUT2D eigenvalue weighted by molar-refractivity contribution is -0.0637. The molecule has 0 spiro atoms. The average molecular weight is 350 g/mol. The van der Waals surface area contributed by atoms with E-state index in [9.17, 15) is 8.42 Å². The Hall–Kier alpha value is -0.930. The van der Waals surface area contributed by atoms with E-state index in [1.807, 2.05) is 13.8 Å². The van der Waals surface area contributed by atoms with Gasteiger partial charge in [0.25, 0.3) is 0 Å². The third-order valence-corrected chi connectivity index (χ3v) is 5.28. The number of anilines is 1. The van der Waals surface area contributed by atoms with Crippen LogP contribution in [0.3, 0.4) is 0 Å². The molecule has 9 heteroatoms. The number of aromatic nitrogens is 1. The number of hydrogen-bond acceptors (Lipinski definition) is 6. The van der Waals surface area contributed by atoms with Gasteiger partial charge in [0.2, 0.25) is 10.0 Å². The smallest absolute Gasteiger partial charge is 0.246 e. The SMILES string of the molecule is CC(C)OCC1CN(S(=O)(=O)c2cc(Cl)cnc2N)CCO1. The molecule has 0 aromatic carbocycles. The van der Waals surface area contributed by atoms with Gasteiger partial charge in [0, 0.05) is 19.3 Å². The molecule has 1 unspecified atom stereocenters. The second kappa shape index (κ2) is 7.10. The molecule has 1 aromatic rings. The van der Waals surface area contributed by atoms with Gasteiger partial charge in [-0.15, -0.1) is 0 Å². The molecule has 1 saturated heterocycles. The number of nitrogens with zero attached hydrogens (tertiary/aromatic N) is 2. The van der Waals surface area contributed by atoms with Gasteiger partial charge in [-0.2, -0.15) is 4.31 Å². The summed E-state index contributed by atoms with van der Waals surface area (Å²) in [6, 6.07) is 1.31. The van der Waals surface area contributed by atoms with Gasteiger partial charge in [0.15, 0.2) is 0 Å². The third-order valence-electron chi connectivity index (χ3n) is 3.18. The number of halogens is 1. The van der Waals surface area contributed by atoms with E-state index in [1.54, 1.807) is 0 Å². The van der Waals surface area contributed by atoms with Crippen molar-refractivity contribution in [2.45, 2.75) is 31.0 Å². The number of hydrogen-bond donors (Lipinski definition) is 1. The summed E-state index contributed by atoms with van der Waals surface area (Å²) in [6.45, 7) is 4.94. The third kappa shape index (κ3) is 4.08. The number of pyridine rings is 1. The van der Waals surface area contributed by atoms with E-state index in [4.69, 9.17) is 26.8 Å². The van der Waals surface area contributed by atoms with Crippen LogP contribution >= 0.6 is 11.6 Å². The minimum Gasteiger partial charge on any atom is -0.383 e. The van der Waals surface area contributed by atoms with E-state index in [0.717, 1.165) is 0 Å². The topological polar surface area (TPSA) is 94.8 Å². The Kier molecular flexibility index (Phi) is 5.62. The average Bonchev–Trinajstić information content (AvgIpc) is 2.48. The van der Waals surface area contributed by atoms with E-state index < -0.39 is 10.0 Å². The lowest BCUT2D eigenvalue weighted by Gasteiger charge is -2.32. The van der Waals surface area contributed by atoms with Crippen LogP contribution in [0.1, 0.15) is 13.8 Å². The molecule has 2 heterocycles. The highest BCUT2D eigenvalue weighted by Gasteiger charge is 2.32. The highest BCUT2D eigenvalue weighted by atomic mass is 35.5. The normalized spacial score (nSPS) is 20.5. The van der Waals surface area contributed by atoms with Gasteiger partial charge in [-0.25, -0.2) is 13.4 Å².